The Labute approximate surface area is 148 Å². The number of ether oxygens (including phenoxy) is 2. The predicted octanol–water partition coefficient (Wildman–Crippen LogP) is -0.0789. The summed E-state index contributed by atoms with van der Waals surface area (Å²) in [7, 11) is 0. The maximum atomic E-state index is 12.3. The number of aromatic amines is 1. The van der Waals surface area contributed by atoms with Gasteiger partial charge in [0.25, 0.3) is 5.56 Å². The average Bonchev–Trinajstić information content (AvgIpc) is 3.08. The largest absolute Gasteiger partial charge is 0.457 e. The summed E-state index contributed by atoms with van der Waals surface area (Å²) < 4.78 is 12.4. The first-order valence-corrected chi connectivity index (χ1v) is 8.14. The van der Waals surface area contributed by atoms with Crippen molar-refractivity contribution >= 4 is 5.97 Å². The van der Waals surface area contributed by atoms with Crippen LogP contribution >= 0.6 is 0 Å². The van der Waals surface area contributed by atoms with Gasteiger partial charge in [-0.3, -0.25) is 19.3 Å². The number of aliphatic hydroxyl groups is 1. The maximum Gasteiger partial charge on any atom is 0.339 e. The Bertz CT molecular complexity index is 907. The van der Waals surface area contributed by atoms with Crippen LogP contribution in [0.5, 0.6) is 0 Å². The van der Waals surface area contributed by atoms with E-state index in [1.165, 1.54) is 23.2 Å². The summed E-state index contributed by atoms with van der Waals surface area (Å²) in [6.07, 6.45) is 4.60. The summed E-state index contributed by atoms with van der Waals surface area (Å²) in [5, 5.41) is 9.38. The number of carbonyl (C=O) groups is 1. The van der Waals surface area contributed by atoms with E-state index < -0.39 is 29.0 Å². The number of hydrogen-bond acceptors (Lipinski definition) is 7. The van der Waals surface area contributed by atoms with Gasteiger partial charge in [0.2, 0.25) is 0 Å². The van der Waals surface area contributed by atoms with E-state index in [2.05, 4.69) is 9.97 Å². The molecule has 3 heterocycles. The van der Waals surface area contributed by atoms with E-state index in [0.717, 1.165) is 0 Å². The zero-order valence-corrected chi connectivity index (χ0v) is 14.2. The molecule has 0 amide bonds. The number of nitrogens with one attached hydrogen (secondary N) is 1. The molecular weight excluding hydrogens is 342 g/mol. The fourth-order valence-electron chi connectivity index (χ4n) is 2.91. The molecule has 0 radical (unpaired) electrons. The van der Waals surface area contributed by atoms with Crippen LogP contribution in [0.15, 0.2) is 40.3 Å². The highest BCUT2D eigenvalue weighted by Crippen LogP contribution is 2.34. The van der Waals surface area contributed by atoms with Gasteiger partial charge in [-0.2, -0.15) is 0 Å². The molecule has 0 bridgehead atoms. The molecule has 2 aromatic rings. The van der Waals surface area contributed by atoms with E-state index in [1.54, 1.807) is 19.1 Å². The van der Waals surface area contributed by atoms with Crippen molar-refractivity contribution in [1.82, 2.24) is 14.5 Å². The van der Waals surface area contributed by atoms with E-state index in [4.69, 9.17) is 9.47 Å². The van der Waals surface area contributed by atoms with Crippen LogP contribution in [0.2, 0.25) is 0 Å². The third kappa shape index (κ3) is 3.44. The number of aromatic nitrogens is 3. The molecule has 26 heavy (non-hydrogen) atoms. The Hall–Kier alpha value is -2.78. The van der Waals surface area contributed by atoms with Crippen molar-refractivity contribution < 1.29 is 19.4 Å². The molecule has 2 aromatic heterocycles. The van der Waals surface area contributed by atoms with E-state index in [-0.39, 0.29) is 18.8 Å². The molecule has 138 valence electrons. The monoisotopic (exact) mass is 361 g/mol. The molecule has 1 saturated heterocycles. The van der Waals surface area contributed by atoms with Crippen molar-refractivity contribution in [2.45, 2.75) is 31.6 Å². The SMILES string of the molecule is Cc1cn([C@@]2(COC(=O)c3cccnc3)CC[C@@H](CO)O2)c(=O)[nH]c1=O. The minimum absolute atomic E-state index is 0.227. The van der Waals surface area contributed by atoms with Gasteiger partial charge >= 0.3 is 11.7 Å². The highest BCUT2D eigenvalue weighted by atomic mass is 16.6. The number of aryl methyl sites for hydroxylation is 1. The van der Waals surface area contributed by atoms with Crippen molar-refractivity contribution in [3.8, 4) is 0 Å². The normalized spacial score (nSPS) is 22.3. The van der Waals surface area contributed by atoms with Crippen LogP contribution in [0.25, 0.3) is 0 Å². The van der Waals surface area contributed by atoms with E-state index in [9.17, 15) is 19.5 Å². The van der Waals surface area contributed by atoms with Crippen LogP contribution in [0, 0.1) is 6.92 Å². The van der Waals surface area contributed by atoms with Gasteiger partial charge in [-0.05, 0) is 25.5 Å². The van der Waals surface area contributed by atoms with Gasteiger partial charge in [0.05, 0.1) is 18.3 Å². The van der Waals surface area contributed by atoms with Gasteiger partial charge in [0, 0.05) is 30.6 Å². The molecular formula is C17H19N3O6. The highest BCUT2D eigenvalue weighted by molar-refractivity contribution is 5.88. The van der Waals surface area contributed by atoms with E-state index in [0.29, 0.717) is 18.4 Å². The molecule has 0 saturated carbocycles. The molecule has 0 unspecified atom stereocenters. The van der Waals surface area contributed by atoms with Gasteiger partial charge in [0.15, 0.2) is 5.72 Å². The smallest absolute Gasteiger partial charge is 0.339 e. The first kappa shape index (κ1) is 18.0. The zero-order chi connectivity index (χ0) is 18.7. The highest BCUT2D eigenvalue weighted by Gasteiger charge is 2.44. The molecule has 1 aliphatic heterocycles. The fourth-order valence-corrected chi connectivity index (χ4v) is 2.91. The molecule has 0 aromatic carbocycles. The Morgan fingerprint density at radius 2 is 2.35 bits per heavy atom. The molecule has 1 fully saturated rings. The lowest BCUT2D eigenvalue weighted by Gasteiger charge is -2.31. The van der Waals surface area contributed by atoms with Gasteiger partial charge < -0.3 is 14.6 Å². The third-order valence-corrected chi connectivity index (χ3v) is 4.33. The van der Waals surface area contributed by atoms with Crippen molar-refractivity contribution in [1.29, 1.82) is 0 Å². The summed E-state index contributed by atoms with van der Waals surface area (Å²) in [4.78, 5) is 42.3. The topological polar surface area (TPSA) is 124 Å². The first-order chi connectivity index (χ1) is 12.4. The van der Waals surface area contributed by atoms with Gasteiger partial charge in [-0.25, -0.2) is 9.59 Å². The quantitative estimate of drug-likeness (QED) is 0.714. The summed E-state index contributed by atoms with van der Waals surface area (Å²) in [5.41, 5.74) is -1.87. The molecule has 1 aliphatic rings. The molecule has 0 aliphatic carbocycles. The van der Waals surface area contributed by atoms with Crippen LogP contribution in [-0.2, 0) is 15.2 Å². The van der Waals surface area contributed by atoms with Crippen LogP contribution < -0.4 is 11.2 Å². The summed E-state index contributed by atoms with van der Waals surface area (Å²) in [5.74, 6) is -0.609. The average molecular weight is 361 g/mol. The molecule has 9 heteroatoms. The lowest BCUT2D eigenvalue weighted by Crippen LogP contribution is -2.48. The number of hydrogen-bond donors (Lipinski definition) is 2. The van der Waals surface area contributed by atoms with Crippen LogP contribution in [-0.4, -0.2) is 44.9 Å². The van der Waals surface area contributed by atoms with Gasteiger partial charge in [-0.15, -0.1) is 0 Å². The third-order valence-electron chi connectivity index (χ3n) is 4.33. The molecule has 2 atom stereocenters. The lowest BCUT2D eigenvalue weighted by molar-refractivity contribution is -0.141. The van der Waals surface area contributed by atoms with Crippen LogP contribution in [0.3, 0.4) is 0 Å². The number of aliphatic hydroxyl groups excluding tert-OH is 1. The number of nitrogens with zero attached hydrogens (tertiary/aromatic N) is 2. The van der Waals surface area contributed by atoms with Gasteiger partial charge in [-0.1, -0.05) is 0 Å². The van der Waals surface area contributed by atoms with Crippen LogP contribution in [0.1, 0.15) is 28.8 Å². The fraction of sp³-hybridized carbons (Fsp3) is 0.412. The first-order valence-electron chi connectivity index (χ1n) is 8.14. The van der Waals surface area contributed by atoms with Crippen molar-refractivity contribution in [3.05, 3.63) is 62.7 Å². The van der Waals surface area contributed by atoms with Crippen molar-refractivity contribution in [3.63, 3.8) is 0 Å². The molecule has 3 rings (SSSR count). The van der Waals surface area contributed by atoms with E-state index in [1.807, 2.05) is 0 Å². The number of H-pyrrole nitrogens is 1. The summed E-state index contributed by atoms with van der Waals surface area (Å²) >= 11 is 0. The second-order valence-corrected chi connectivity index (χ2v) is 6.17. The maximum absolute atomic E-state index is 12.3. The Morgan fingerprint density at radius 3 is 3.00 bits per heavy atom. The number of esters is 1. The van der Waals surface area contributed by atoms with Crippen molar-refractivity contribution in [2.24, 2.45) is 0 Å². The zero-order valence-electron chi connectivity index (χ0n) is 14.2. The summed E-state index contributed by atoms with van der Waals surface area (Å²) in [6, 6.07) is 3.17. The summed E-state index contributed by atoms with van der Waals surface area (Å²) in [6.45, 7) is 1.08. The standard InChI is InChI=1S/C17H19N3O6/c1-11-8-20(16(24)19-14(11)22)17(5-4-13(9-21)26-17)10-25-15(23)12-3-2-6-18-7-12/h2-3,6-8,13,21H,4-5,9-10H2,1H3,(H,19,22,24)/t13-,17-/m0/s1. The minimum Gasteiger partial charge on any atom is -0.457 e. The van der Waals surface area contributed by atoms with Gasteiger partial charge in [0.1, 0.15) is 6.61 Å². The Morgan fingerprint density at radius 1 is 1.54 bits per heavy atom. The van der Waals surface area contributed by atoms with Crippen LogP contribution in [0.4, 0.5) is 0 Å². The Balaban J connectivity index is 1.91. The Kier molecular flexibility index (Phi) is 5.01. The predicted molar refractivity (Wildman–Crippen MR) is 89.7 cm³/mol. The number of carbonyl (C=O) groups excluding carboxylic acids is 1. The lowest BCUT2D eigenvalue weighted by atomic mass is 10.1. The van der Waals surface area contributed by atoms with E-state index >= 15 is 0 Å². The minimum atomic E-state index is -1.29. The van der Waals surface area contributed by atoms with Crippen molar-refractivity contribution in [2.75, 3.05) is 13.2 Å². The second-order valence-electron chi connectivity index (χ2n) is 6.17. The molecule has 0 spiro atoms. The molecule has 9 nitrogen and oxygen atoms in total. The number of pyridine rings is 1. The molecule has 2 N–H and O–H groups in total. The second kappa shape index (κ2) is 7.22. The number of rotatable bonds is 5.